The number of para-hydroxylation sites is 2. The molecule has 1 aromatic carbocycles. The molecule has 0 radical (unpaired) electrons. The quantitative estimate of drug-likeness (QED) is 0.684. The summed E-state index contributed by atoms with van der Waals surface area (Å²) in [6.45, 7) is 0.177. The fourth-order valence-corrected chi connectivity index (χ4v) is 2.63. The molecule has 0 saturated heterocycles. The highest BCUT2D eigenvalue weighted by Gasteiger charge is 2.28. The molecule has 0 bridgehead atoms. The van der Waals surface area contributed by atoms with E-state index in [4.69, 9.17) is 25.8 Å². The number of aromatic nitrogens is 2. The number of benzene rings is 1. The first kappa shape index (κ1) is 14.8. The van der Waals surface area contributed by atoms with E-state index in [2.05, 4.69) is 4.98 Å². The molecule has 0 aliphatic carbocycles. The Kier molecular flexibility index (Phi) is 3.74. The van der Waals surface area contributed by atoms with Gasteiger partial charge in [-0.1, -0.05) is 23.7 Å². The van der Waals surface area contributed by atoms with Crippen LogP contribution in [0.2, 0.25) is 5.02 Å². The second-order valence-electron chi connectivity index (χ2n) is 5.32. The molecule has 0 fully saturated rings. The molecule has 1 aliphatic heterocycles. The number of pyridine rings is 1. The molecule has 0 N–H and O–H groups in total. The molecule has 1 aliphatic rings. The molecule has 1 atom stereocenters. The lowest BCUT2D eigenvalue weighted by molar-refractivity contribution is -0.156. The summed E-state index contributed by atoms with van der Waals surface area (Å²) < 4.78 is 18.2. The van der Waals surface area contributed by atoms with Crippen molar-refractivity contribution in [3.63, 3.8) is 0 Å². The molecular formula is C17H13ClN2O4. The maximum absolute atomic E-state index is 12.2. The number of fused-ring (bicyclic) bond motifs is 2. The second kappa shape index (κ2) is 6.05. The summed E-state index contributed by atoms with van der Waals surface area (Å²) >= 11 is 5.93. The third kappa shape index (κ3) is 2.88. The minimum atomic E-state index is -0.786. The molecule has 0 spiro atoms. The van der Waals surface area contributed by atoms with Crippen LogP contribution in [0.3, 0.4) is 0 Å². The maximum atomic E-state index is 12.2. The highest BCUT2D eigenvalue weighted by molar-refractivity contribution is 6.30. The van der Waals surface area contributed by atoms with Gasteiger partial charge in [0.2, 0.25) is 6.10 Å². The fraction of sp³-hybridized carbons (Fsp3) is 0.176. The SMILES string of the molecule is O=C(OCc1cn2cc(Cl)ccc2n1)[C@@H]1COc2ccccc2O1. The Labute approximate surface area is 142 Å². The number of nitrogens with zero attached hydrogens (tertiary/aromatic N) is 2. The van der Waals surface area contributed by atoms with Crippen molar-refractivity contribution < 1.29 is 19.0 Å². The lowest BCUT2D eigenvalue weighted by atomic mass is 10.2. The van der Waals surface area contributed by atoms with E-state index in [1.54, 1.807) is 41.1 Å². The molecule has 0 saturated carbocycles. The molecular weight excluding hydrogens is 332 g/mol. The van der Waals surface area contributed by atoms with Gasteiger partial charge in [0, 0.05) is 12.4 Å². The monoisotopic (exact) mass is 344 g/mol. The smallest absolute Gasteiger partial charge is 0.351 e. The maximum Gasteiger partial charge on any atom is 0.351 e. The van der Waals surface area contributed by atoms with Crippen LogP contribution in [0.15, 0.2) is 48.8 Å². The van der Waals surface area contributed by atoms with Gasteiger partial charge in [0.05, 0.1) is 10.7 Å². The number of carbonyl (C=O) groups excluding carboxylic acids is 1. The lowest BCUT2D eigenvalue weighted by Gasteiger charge is -2.24. The van der Waals surface area contributed by atoms with E-state index in [0.717, 1.165) is 5.65 Å². The van der Waals surface area contributed by atoms with Crippen LogP contribution in [0.5, 0.6) is 11.5 Å². The Morgan fingerprint density at radius 3 is 2.96 bits per heavy atom. The minimum Gasteiger partial charge on any atom is -0.485 e. The van der Waals surface area contributed by atoms with Gasteiger partial charge in [-0.25, -0.2) is 9.78 Å². The van der Waals surface area contributed by atoms with Gasteiger partial charge in [-0.05, 0) is 24.3 Å². The zero-order valence-corrected chi connectivity index (χ0v) is 13.3. The molecule has 122 valence electrons. The Bertz CT molecular complexity index is 908. The van der Waals surface area contributed by atoms with Gasteiger partial charge in [-0.15, -0.1) is 0 Å². The van der Waals surface area contributed by atoms with Gasteiger partial charge in [0.1, 0.15) is 18.9 Å². The van der Waals surface area contributed by atoms with Crippen molar-refractivity contribution in [3.05, 3.63) is 59.5 Å². The Balaban J connectivity index is 1.41. The van der Waals surface area contributed by atoms with E-state index >= 15 is 0 Å². The molecule has 3 heterocycles. The van der Waals surface area contributed by atoms with Crippen molar-refractivity contribution in [2.24, 2.45) is 0 Å². The third-order valence-electron chi connectivity index (χ3n) is 3.60. The number of hydrogen-bond donors (Lipinski definition) is 0. The summed E-state index contributed by atoms with van der Waals surface area (Å²) in [6.07, 6.45) is 2.72. The molecule has 24 heavy (non-hydrogen) atoms. The van der Waals surface area contributed by atoms with E-state index in [1.807, 2.05) is 12.1 Å². The summed E-state index contributed by atoms with van der Waals surface area (Å²) in [6, 6.07) is 10.8. The molecule has 0 unspecified atom stereocenters. The molecule has 6 nitrogen and oxygen atoms in total. The van der Waals surface area contributed by atoms with Gasteiger partial charge in [-0.3, -0.25) is 0 Å². The van der Waals surface area contributed by atoms with Gasteiger partial charge in [-0.2, -0.15) is 0 Å². The fourth-order valence-electron chi connectivity index (χ4n) is 2.46. The average molecular weight is 345 g/mol. The highest BCUT2D eigenvalue weighted by atomic mass is 35.5. The molecule has 4 rings (SSSR count). The lowest BCUT2D eigenvalue weighted by Crippen LogP contribution is -2.37. The van der Waals surface area contributed by atoms with E-state index < -0.39 is 12.1 Å². The summed E-state index contributed by atoms with van der Waals surface area (Å²) in [5.74, 6) is 0.673. The van der Waals surface area contributed by atoms with Crippen LogP contribution in [0, 0.1) is 0 Å². The largest absolute Gasteiger partial charge is 0.485 e. The standard InChI is InChI=1S/C17H13ClN2O4/c18-11-5-6-16-19-12(8-20(16)7-11)9-23-17(21)15-10-22-13-3-1-2-4-14(13)24-15/h1-8,15H,9-10H2/t15-/m0/s1. The van der Waals surface area contributed by atoms with Crippen molar-refractivity contribution in [3.8, 4) is 11.5 Å². The van der Waals surface area contributed by atoms with E-state index in [-0.39, 0.29) is 13.2 Å². The van der Waals surface area contributed by atoms with Crippen LogP contribution in [-0.4, -0.2) is 28.1 Å². The number of ether oxygens (including phenoxy) is 3. The van der Waals surface area contributed by atoms with Gasteiger partial charge in [0.25, 0.3) is 0 Å². The van der Waals surface area contributed by atoms with E-state index in [1.165, 1.54) is 0 Å². The van der Waals surface area contributed by atoms with Gasteiger partial charge in [0.15, 0.2) is 11.5 Å². The van der Waals surface area contributed by atoms with Crippen LogP contribution in [0.1, 0.15) is 5.69 Å². The number of halogens is 1. The van der Waals surface area contributed by atoms with Crippen LogP contribution < -0.4 is 9.47 Å². The van der Waals surface area contributed by atoms with Gasteiger partial charge < -0.3 is 18.6 Å². The van der Waals surface area contributed by atoms with Crippen LogP contribution in [0.25, 0.3) is 5.65 Å². The Morgan fingerprint density at radius 2 is 2.08 bits per heavy atom. The predicted octanol–water partition coefficient (Wildman–Crippen LogP) is 2.87. The van der Waals surface area contributed by atoms with Crippen molar-refractivity contribution in [1.29, 1.82) is 0 Å². The summed E-state index contributed by atoms with van der Waals surface area (Å²) in [7, 11) is 0. The number of esters is 1. The summed E-state index contributed by atoms with van der Waals surface area (Å²) in [4.78, 5) is 16.5. The zero-order valence-electron chi connectivity index (χ0n) is 12.5. The van der Waals surface area contributed by atoms with Crippen molar-refractivity contribution >= 4 is 23.2 Å². The predicted molar refractivity (Wildman–Crippen MR) is 86.4 cm³/mol. The first-order chi connectivity index (χ1) is 11.7. The number of imidazole rings is 1. The van der Waals surface area contributed by atoms with Crippen molar-refractivity contribution in [1.82, 2.24) is 9.38 Å². The highest BCUT2D eigenvalue weighted by Crippen LogP contribution is 2.31. The summed E-state index contributed by atoms with van der Waals surface area (Å²) in [5.41, 5.74) is 1.36. The number of hydrogen-bond acceptors (Lipinski definition) is 5. The molecule has 7 heteroatoms. The summed E-state index contributed by atoms with van der Waals surface area (Å²) in [5, 5.41) is 0.606. The topological polar surface area (TPSA) is 62.1 Å². The van der Waals surface area contributed by atoms with Crippen LogP contribution in [-0.2, 0) is 16.1 Å². The zero-order chi connectivity index (χ0) is 16.5. The first-order valence-electron chi connectivity index (χ1n) is 7.37. The Hall–Kier alpha value is -2.73. The van der Waals surface area contributed by atoms with E-state index in [9.17, 15) is 4.79 Å². The van der Waals surface area contributed by atoms with Crippen molar-refractivity contribution in [2.75, 3.05) is 6.61 Å². The van der Waals surface area contributed by atoms with Crippen molar-refractivity contribution in [2.45, 2.75) is 12.7 Å². The van der Waals surface area contributed by atoms with Gasteiger partial charge >= 0.3 is 5.97 Å². The Morgan fingerprint density at radius 1 is 1.25 bits per heavy atom. The number of rotatable bonds is 3. The third-order valence-corrected chi connectivity index (χ3v) is 3.82. The molecule has 3 aromatic rings. The minimum absolute atomic E-state index is 0.0552. The second-order valence-corrected chi connectivity index (χ2v) is 5.75. The number of carbonyl (C=O) groups is 1. The normalized spacial score (nSPS) is 16.1. The first-order valence-corrected chi connectivity index (χ1v) is 7.75. The average Bonchev–Trinajstić information content (AvgIpc) is 3.01. The van der Waals surface area contributed by atoms with E-state index in [0.29, 0.717) is 22.2 Å². The molecule has 2 aromatic heterocycles. The molecule has 0 amide bonds. The van der Waals surface area contributed by atoms with Crippen LogP contribution in [0.4, 0.5) is 0 Å². The van der Waals surface area contributed by atoms with Crippen LogP contribution >= 0.6 is 11.6 Å².